The summed E-state index contributed by atoms with van der Waals surface area (Å²) in [6.07, 6.45) is -3.51. The Morgan fingerprint density at radius 3 is 2.48 bits per heavy atom. The number of guanidine groups is 1. The highest BCUT2D eigenvalue weighted by atomic mass is 127. The fourth-order valence-corrected chi connectivity index (χ4v) is 3.71. The van der Waals surface area contributed by atoms with Gasteiger partial charge in [0.15, 0.2) is 5.96 Å². The van der Waals surface area contributed by atoms with Crippen molar-refractivity contribution in [2.75, 3.05) is 39.8 Å². The molecule has 1 aliphatic rings. The molecule has 1 aliphatic heterocycles. The highest BCUT2D eigenvalue weighted by molar-refractivity contribution is 14.0. The first-order valence-corrected chi connectivity index (χ1v) is 10.0. The lowest BCUT2D eigenvalue weighted by atomic mass is 10.1. The Morgan fingerprint density at radius 2 is 1.90 bits per heavy atom. The number of halogens is 4. The molecule has 0 saturated carbocycles. The van der Waals surface area contributed by atoms with E-state index in [-0.39, 0.29) is 24.0 Å². The van der Waals surface area contributed by atoms with Crippen molar-refractivity contribution in [3.05, 3.63) is 52.4 Å². The van der Waals surface area contributed by atoms with Crippen molar-refractivity contribution >= 4 is 29.9 Å². The van der Waals surface area contributed by atoms with Crippen LogP contribution in [0.25, 0.3) is 0 Å². The molecule has 0 amide bonds. The average Bonchev–Trinajstić information content (AvgIpc) is 3.03. The highest BCUT2D eigenvalue weighted by Crippen LogP contribution is 2.29. The topological polar surface area (TPSA) is 56.9 Å². The number of aliphatic imine (C=N–C) groups is 1. The summed E-state index contributed by atoms with van der Waals surface area (Å²) in [5.74, 6) is 1.67. The zero-order valence-electron chi connectivity index (χ0n) is 18.0. The number of aromatic nitrogens is 1. The monoisotopic (exact) mass is 551 g/mol. The minimum absolute atomic E-state index is 0. The molecule has 1 aromatic carbocycles. The summed E-state index contributed by atoms with van der Waals surface area (Å²) in [5, 5.41) is 7.36. The van der Waals surface area contributed by atoms with E-state index in [1.807, 2.05) is 13.8 Å². The zero-order chi connectivity index (χ0) is 21.7. The van der Waals surface area contributed by atoms with Gasteiger partial charge in [0.1, 0.15) is 5.76 Å². The van der Waals surface area contributed by atoms with Crippen LogP contribution in [0.3, 0.4) is 0 Å². The lowest BCUT2D eigenvalue weighted by molar-refractivity contribution is -0.137. The molecule has 1 aromatic heterocycles. The third-order valence-corrected chi connectivity index (χ3v) is 5.38. The van der Waals surface area contributed by atoms with Crippen LogP contribution in [0.5, 0.6) is 0 Å². The van der Waals surface area contributed by atoms with Crippen LogP contribution in [-0.4, -0.2) is 60.7 Å². The molecule has 10 heteroatoms. The van der Waals surface area contributed by atoms with Crippen LogP contribution in [0.2, 0.25) is 0 Å². The number of nitrogens with one attached hydrogen (secondary N) is 1. The predicted octanol–water partition coefficient (Wildman–Crippen LogP) is 3.86. The summed E-state index contributed by atoms with van der Waals surface area (Å²) >= 11 is 0. The number of alkyl halides is 3. The zero-order valence-corrected chi connectivity index (χ0v) is 20.3. The maximum atomic E-state index is 12.9. The Labute approximate surface area is 197 Å². The molecule has 0 unspecified atom stereocenters. The summed E-state index contributed by atoms with van der Waals surface area (Å²) in [7, 11) is 1.76. The van der Waals surface area contributed by atoms with Gasteiger partial charge in [0.25, 0.3) is 0 Å². The van der Waals surface area contributed by atoms with Crippen molar-refractivity contribution in [3.63, 3.8) is 0 Å². The van der Waals surface area contributed by atoms with E-state index in [0.717, 1.165) is 68.2 Å². The first kappa shape index (κ1) is 25.4. The molecule has 0 bridgehead atoms. The maximum absolute atomic E-state index is 12.9. The molecule has 1 saturated heterocycles. The fraction of sp³-hybridized carbons (Fsp3) is 0.524. The molecule has 0 radical (unpaired) electrons. The third kappa shape index (κ3) is 6.83. The Morgan fingerprint density at radius 1 is 1.19 bits per heavy atom. The number of piperazine rings is 1. The van der Waals surface area contributed by atoms with E-state index in [1.165, 1.54) is 12.1 Å². The average molecular weight is 551 g/mol. The molecule has 2 heterocycles. The lowest BCUT2D eigenvalue weighted by Crippen LogP contribution is -2.52. The number of hydrogen-bond donors (Lipinski definition) is 1. The largest absolute Gasteiger partial charge is 0.416 e. The predicted molar refractivity (Wildman–Crippen MR) is 125 cm³/mol. The lowest BCUT2D eigenvalue weighted by Gasteiger charge is -2.36. The smallest absolute Gasteiger partial charge is 0.361 e. The van der Waals surface area contributed by atoms with Gasteiger partial charge >= 0.3 is 6.18 Å². The van der Waals surface area contributed by atoms with E-state index < -0.39 is 11.7 Å². The molecule has 172 valence electrons. The summed E-state index contributed by atoms with van der Waals surface area (Å²) in [4.78, 5) is 8.72. The van der Waals surface area contributed by atoms with Gasteiger partial charge in [-0.1, -0.05) is 23.4 Å². The molecule has 2 aromatic rings. The minimum Gasteiger partial charge on any atom is -0.361 e. The summed E-state index contributed by atoms with van der Waals surface area (Å²) < 4.78 is 43.9. The van der Waals surface area contributed by atoms with Crippen LogP contribution in [-0.2, 0) is 19.1 Å². The van der Waals surface area contributed by atoms with E-state index in [0.29, 0.717) is 12.1 Å². The highest BCUT2D eigenvalue weighted by Gasteiger charge is 2.30. The molecular formula is C21H29F3IN5O. The van der Waals surface area contributed by atoms with Crippen LogP contribution >= 0.6 is 24.0 Å². The van der Waals surface area contributed by atoms with Crippen molar-refractivity contribution in [3.8, 4) is 0 Å². The van der Waals surface area contributed by atoms with Crippen LogP contribution in [0.1, 0.15) is 28.1 Å². The molecule has 1 N–H and O–H groups in total. The van der Waals surface area contributed by atoms with Gasteiger partial charge < -0.3 is 14.7 Å². The number of hydrogen-bond acceptors (Lipinski definition) is 4. The Balaban J connectivity index is 0.00000341. The molecule has 1 fully saturated rings. The number of benzene rings is 1. The van der Waals surface area contributed by atoms with Gasteiger partial charge in [-0.25, -0.2) is 0 Å². The molecular weight excluding hydrogens is 522 g/mol. The van der Waals surface area contributed by atoms with Gasteiger partial charge in [-0.3, -0.25) is 9.89 Å². The van der Waals surface area contributed by atoms with Crippen molar-refractivity contribution in [2.45, 2.75) is 33.0 Å². The van der Waals surface area contributed by atoms with Crippen molar-refractivity contribution < 1.29 is 17.7 Å². The van der Waals surface area contributed by atoms with Gasteiger partial charge in [0, 0.05) is 51.9 Å². The molecule has 31 heavy (non-hydrogen) atoms. The Hall–Kier alpha value is -1.82. The second kappa shape index (κ2) is 11.2. The van der Waals surface area contributed by atoms with Gasteiger partial charge in [0.05, 0.1) is 11.3 Å². The fourth-order valence-electron chi connectivity index (χ4n) is 3.71. The van der Waals surface area contributed by atoms with Crippen molar-refractivity contribution in [2.24, 2.45) is 4.99 Å². The van der Waals surface area contributed by atoms with Crippen LogP contribution in [0.15, 0.2) is 33.8 Å². The quantitative estimate of drug-likeness (QED) is 0.348. The summed E-state index contributed by atoms with van der Waals surface area (Å²) in [5.41, 5.74) is 2.11. The second-order valence-corrected chi connectivity index (χ2v) is 7.49. The van der Waals surface area contributed by atoms with E-state index >= 15 is 0 Å². The van der Waals surface area contributed by atoms with Gasteiger partial charge in [-0.05, 0) is 31.9 Å². The van der Waals surface area contributed by atoms with Gasteiger partial charge in [0.2, 0.25) is 0 Å². The van der Waals surface area contributed by atoms with Crippen molar-refractivity contribution in [1.82, 2.24) is 20.3 Å². The number of rotatable bonds is 5. The van der Waals surface area contributed by atoms with Crippen molar-refractivity contribution in [1.29, 1.82) is 0 Å². The molecule has 6 nitrogen and oxygen atoms in total. The number of nitrogens with zero attached hydrogens (tertiary/aromatic N) is 4. The minimum atomic E-state index is -4.31. The van der Waals surface area contributed by atoms with E-state index in [2.05, 4.69) is 25.3 Å². The molecule has 0 aliphatic carbocycles. The normalized spacial score (nSPS) is 15.7. The number of aryl methyl sites for hydroxylation is 2. The van der Waals surface area contributed by atoms with Crippen LogP contribution < -0.4 is 5.32 Å². The Kier molecular flexibility index (Phi) is 9.16. The SMILES string of the molecule is CN=C(NCCc1c(C)noc1C)N1CCN(Cc2cccc(C(F)(F)F)c2)CC1.I. The molecule has 3 rings (SSSR count). The molecule has 0 spiro atoms. The van der Waals surface area contributed by atoms with E-state index in [4.69, 9.17) is 4.52 Å². The summed E-state index contributed by atoms with van der Waals surface area (Å²) in [6.45, 7) is 8.14. The van der Waals surface area contributed by atoms with E-state index in [9.17, 15) is 13.2 Å². The van der Waals surface area contributed by atoms with Crippen LogP contribution in [0, 0.1) is 13.8 Å². The Bertz CT molecular complexity index is 857. The first-order valence-electron chi connectivity index (χ1n) is 10.0. The standard InChI is InChI=1S/C21H28F3N5O.HI/c1-15-19(16(2)30-27-15)7-8-26-20(25-3)29-11-9-28(10-12-29)14-17-5-4-6-18(13-17)21(22,23)24;/h4-6,13H,7-12,14H2,1-3H3,(H,25,26);1H. The second-order valence-electron chi connectivity index (χ2n) is 7.49. The summed E-state index contributed by atoms with van der Waals surface area (Å²) in [6, 6.07) is 5.57. The maximum Gasteiger partial charge on any atom is 0.416 e. The van der Waals surface area contributed by atoms with Crippen LogP contribution in [0.4, 0.5) is 13.2 Å². The van der Waals surface area contributed by atoms with Gasteiger partial charge in [-0.15, -0.1) is 24.0 Å². The van der Waals surface area contributed by atoms with E-state index in [1.54, 1.807) is 13.1 Å². The first-order chi connectivity index (χ1) is 14.3. The third-order valence-electron chi connectivity index (χ3n) is 5.38. The van der Waals surface area contributed by atoms with Gasteiger partial charge in [-0.2, -0.15) is 13.2 Å². The molecule has 0 atom stereocenters.